The molecule has 1 aromatic heterocycles. The molecule has 9 heteroatoms. The van der Waals surface area contributed by atoms with E-state index in [4.69, 9.17) is 5.11 Å². The van der Waals surface area contributed by atoms with Gasteiger partial charge in [0, 0.05) is 6.07 Å². The highest BCUT2D eigenvalue weighted by Crippen LogP contribution is 2.19. The van der Waals surface area contributed by atoms with Crippen molar-refractivity contribution in [2.24, 2.45) is 0 Å². The summed E-state index contributed by atoms with van der Waals surface area (Å²) >= 11 is 0. The summed E-state index contributed by atoms with van der Waals surface area (Å²) in [6.07, 6.45) is -3.96. The number of H-pyrrole nitrogens is 1. The van der Waals surface area contributed by atoms with Crippen molar-refractivity contribution < 1.29 is 23.6 Å². The zero-order valence-corrected chi connectivity index (χ0v) is 8.15. The lowest BCUT2D eigenvalue weighted by Crippen LogP contribution is -2.17. The standard InChI is InChI=1S/C8H6F2N2O5/c9-8(10)4-1-5(13)7(12(16)17)3(11-4)2-6(14)15/h1,8H,2H2,(H,11,13)(H,14,15). The molecule has 0 aliphatic carbocycles. The van der Waals surface area contributed by atoms with E-state index in [2.05, 4.69) is 0 Å². The Bertz CT molecular complexity index is 525. The third-order valence-corrected chi connectivity index (χ3v) is 1.85. The summed E-state index contributed by atoms with van der Waals surface area (Å²) in [5.74, 6) is -1.48. The predicted molar refractivity (Wildman–Crippen MR) is 50.0 cm³/mol. The monoisotopic (exact) mass is 248 g/mol. The van der Waals surface area contributed by atoms with Crippen molar-refractivity contribution in [3.8, 4) is 0 Å². The number of carboxylic acid groups (broad SMARTS) is 1. The molecule has 0 bridgehead atoms. The SMILES string of the molecule is O=C(O)Cc1[nH]c(C(F)F)cc(=O)c1[N+](=O)[O-]. The Balaban J connectivity index is 3.44. The second kappa shape index (κ2) is 4.68. The van der Waals surface area contributed by atoms with E-state index in [0.717, 1.165) is 0 Å². The average molecular weight is 248 g/mol. The van der Waals surface area contributed by atoms with Crippen LogP contribution >= 0.6 is 0 Å². The third kappa shape index (κ3) is 2.83. The van der Waals surface area contributed by atoms with Gasteiger partial charge in [0.2, 0.25) is 0 Å². The van der Waals surface area contributed by atoms with Gasteiger partial charge in [0.1, 0.15) is 5.69 Å². The topological polar surface area (TPSA) is 113 Å². The predicted octanol–water partition coefficient (Wildman–Crippen LogP) is 0.848. The van der Waals surface area contributed by atoms with Crippen LogP contribution in [0.25, 0.3) is 0 Å². The van der Waals surface area contributed by atoms with Gasteiger partial charge >= 0.3 is 11.7 Å². The van der Waals surface area contributed by atoms with Crippen molar-refractivity contribution in [3.63, 3.8) is 0 Å². The lowest BCUT2D eigenvalue weighted by molar-refractivity contribution is -0.387. The molecule has 0 amide bonds. The van der Waals surface area contributed by atoms with Gasteiger partial charge < -0.3 is 10.1 Å². The Labute approximate surface area is 91.8 Å². The molecular formula is C8H6F2N2O5. The summed E-state index contributed by atoms with van der Waals surface area (Å²) in [5.41, 5.74) is -3.78. The van der Waals surface area contributed by atoms with Crippen LogP contribution in [0.3, 0.4) is 0 Å². The average Bonchev–Trinajstić information content (AvgIpc) is 2.14. The maximum absolute atomic E-state index is 12.3. The summed E-state index contributed by atoms with van der Waals surface area (Å²) < 4.78 is 24.6. The Morgan fingerprint density at radius 2 is 2.18 bits per heavy atom. The fraction of sp³-hybridized carbons (Fsp3) is 0.250. The Morgan fingerprint density at radius 3 is 2.59 bits per heavy atom. The number of carbonyl (C=O) groups is 1. The molecule has 1 aromatic rings. The zero-order chi connectivity index (χ0) is 13.2. The van der Waals surface area contributed by atoms with E-state index < -0.39 is 46.2 Å². The van der Waals surface area contributed by atoms with E-state index in [-0.39, 0.29) is 0 Å². The first-order valence-corrected chi connectivity index (χ1v) is 4.23. The van der Waals surface area contributed by atoms with Crippen LogP contribution < -0.4 is 5.43 Å². The Kier molecular flexibility index (Phi) is 3.51. The third-order valence-electron chi connectivity index (χ3n) is 1.85. The first-order valence-electron chi connectivity index (χ1n) is 4.23. The molecule has 0 fully saturated rings. The van der Waals surface area contributed by atoms with Gasteiger partial charge in [-0.15, -0.1) is 0 Å². The molecule has 17 heavy (non-hydrogen) atoms. The van der Waals surface area contributed by atoms with Crippen molar-refractivity contribution in [1.29, 1.82) is 0 Å². The van der Waals surface area contributed by atoms with Crippen molar-refractivity contribution in [1.82, 2.24) is 4.98 Å². The molecular weight excluding hydrogens is 242 g/mol. The van der Waals surface area contributed by atoms with E-state index in [1.54, 1.807) is 0 Å². The highest BCUT2D eigenvalue weighted by Gasteiger charge is 2.24. The fourth-order valence-electron chi connectivity index (χ4n) is 1.22. The maximum atomic E-state index is 12.3. The second-order valence-electron chi connectivity index (χ2n) is 3.04. The van der Waals surface area contributed by atoms with Crippen LogP contribution in [0, 0.1) is 10.1 Å². The number of alkyl halides is 2. The Hall–Kier alpha value is -2.32. The number of pyridine rings is 1. The highest BCUT2D eigenvalue weighted by molar-refractivity contribution is 5.71. The van der Waals surface area contributed by atoms with Gasteiger partial charge in [-0.25, -0.2) is 8.78 Å². The van der Waals surface area contributed by atoms with Crippen LogP contribution in [0.4, 0.5) is 14.5 Å². The molecule has 0 aliphatic rings. The maximum Gasteiger partial charge on any atom is 0.335 e. The fourth-order valence-corrected chi connectivity index (χ4v) is 1.22. The number of aromatic nitrogens is 1. The Morgan fingerprint density at radius 1 is 1.59 bits per heavy atom. The van der Waals surface area contributed by atoms with Gasteiger partial charge in [0.05, 0.1) is 17.0 Å². The lowest BCUT2D eigenvalue weighted by atomic mass is 10.2. The molecule has 0 radical (unpaired) electrons. The van der Waals surface area contributed by atoms with Crippen LogP contribution in [-0.2, 0) is 11.2 Å². The molecule has 0 spiro atoms. The molecule has 0 aliphatic heterocycles. The number of rotatable bonds is 4. The number of hydrogen-bond donors (Lipinski definition) is 2. The molecule has 0 atom stereocenters. The molecule has 7 nitrogen and oxygen atoms in total. The lowest BCUT2D eigenvalue weighted by Gasteiger charge is -2.04. The second-order valence-corrected chi connectivity index (χ2v) is 3.04. The molecule has 0 aromatic carbocycles. The summed E-state index contributed by atoms with van der Waals surface area (Å²) in [5, 5.41) is 19.0. The van der Waals surface area contributed by atoms with Crippen LogP contribution in [0.5, 0.6) is 0 Å². The summed E-state index contributed by atoms with van der Waals surface area (Å²) in [6, 6.07) is 0.383. The van der Waals surface area contributed by atoms with Crippen LogP contribution in [-0.4, -0.2) is 21.0 Å². The van der Waals surface area contributed by atoms with Crippen LogP contribution in [0.1, 0.15) is 17.8 Å². The van der Waals surface area contributed by atoms with E-state index in [1.807, 2.05) is 4.98 Å². The van der Waals surface area contributed by atoms with Gasteiger partial charge in [-0.2, -0.15) is 0 Å². The molecule has 1 heterocycles. The van der Waals surface area contributed by atoms with Crippen molar-refractivity contribution in [2.75, 3.05) is 0 Å². The summed E-state index contributed by atoms with van der Waals surface area (Å²) in [4.78, 5) is 32.9. The number of nitrogens with one attached hydrogen (secondary N) is 1. The van der Waals surface area contributed by atoms with E-state index >= 15 is 0 Å². The normalized spacial score (nSPS) is 10.5. The summed E-state index contributed by atoms with van der Waals surface area (Å²) in [7, 11) is 0. The van der Waals surface area contributed by atoms with Gasteiger partial charge in [-0.1, -0.05) is 0 Å². The number of aliphatic carboxylic acids is 1. The molecule has 0 saturated carbocycles. The largest absolute Gasteiger partial charge is 0.481 e. The van der Waals surface area contributed by atoms with Crippen molar-refractivity contribution >= 4 is 11.7 Å². The first-order chi connectivity index (χ1) is 7.82. The number of aromatic amines is 1. The number of carboxylic acids is 1. The molecule has 92 valence electrons. The number of halogens is 2. The van der Waals surface area contributed by atoms with E-state index in [9.17, 15) is 28.5 Å². The van der Waals surface area contributed by atoms with Gasteiger partial charge in [-0.3, -0.25) is 19.7 Å². The van der Waals surface area contributed by atoms with Gasteiger partial charge in [0.25, 0.3) is 11.9 Å². The minimum atomic E-state index is -3.05. The van der Waals surface area contributed by atoms with Crippen LogP contribution in [0.15, 0.2) is 10.9 Å². The number of nitro groups is 1. The minimum Gasteiger partial charge on any atom is -0.481 e. The van der Waals surface area contributed by atoms with Gasteiger partial charge in [-0.05, 0) is 0 Å². The molecule has 1 rings (SSSR count). The smallest absolute Gasteiger partial charge is 0.335 e. The molecule has 0 unspecified atom stereocenters. The first kappa shape index (κ1) is 12.7. The highest BCUT2D eigenvalue weighted by atomic mass is 19.3. The molecule has 2 N–H and O–H groups in total. The van der Waals surface area contributed by atoms with Gasteiger partial charge in [0.15, 0.2) is 0 Å². The van der Waals surface area contributed by atoms with Crippen LogP contribution in [0.2, 0.25) is 0 Å². The minimum absolute atomic E-state index is 0.383. The zero-order valence-electron chi connectivity index (χ0n) is 8.15. The quantitative estimate of drug-likeness (QED) is 0.605. The van der Waals surface area contributed by atoms with Crippen molar-refractivity contribution in [3.05, 3.63) is 37.8 Å². The molecule has 0 saturated heterocycles. The number of nitrogens with zero attached hydrogens (tertiary/aromatic N) is 1. The van der Waals surface area contributed by atoms with E-state index in [1.165, 1.54) is 0 Å². The summed E-state index contributed by atoms with van der Waals surface area (Å²) in [6.45, 7) is 0. The van der Waals surface area contributed by atoms with E-state index in [0.29, 0.717) is 6.07 Å². The number of hydrogen-bond acceptors (Lipinski definition) is 4. The van der Waals surface area contributed by atoms with Crippen molar-refractivity contribution in [2.45, 2.75) is 12.8 Å².